The highest BCUT2D eigenvalue weighted by Gasteiger charge is 2.34. The van der Waals surface area contributed by atoms with Crippen molar-refractivity contribution in [1.29, 1.82) is 0 Å². The van der Waals surface area contributed by atoms with Gasteiger partial charge in [0.15, 0.2) is 0 Å². The third-order valence-corrected chi connectivity index (χ3v) is 8.40. The molecule has 0 radical (unpaired) electrons. The van der Waals surface area contributed by atoms with Crippen LogP contribution in [0.4, 0.5) is 8.78 Å². The second-order valence-electron chi connectivity index (χ2n) is 9.79. The Labute approximate surface area is 275 Å². The average Bonchev–Trinajstić information content (AvgIpc) is 3.82. The topological polar surface area (TPSA) is 109 Å². The van der Waals surface area contributed by atoms with Crippen molar-refractivity contribution in [2.45, 2.75) is 37.9 Å². The van der Waals surface area contributed by atoms with E-state index in [0.717, 1.165) is 27.6 Å². The summed E-state index contributed by atoms with van der Waals surface area (Å²) < 4.78 is 38.7. The largest absolute Gasteiger partial charge is 0.381 e. The third-order valence-electron chi connectivity index (χ3n) is 6.59. The third kappa shape index (κ3) is 8.72. The first-order chi connectivity index (χ1) is 21.7. The molecular formula is C29H25Cl3F2N8O2S. The molecule has 16 heteroatoms. The summed E-state index contributed by atoms with van der Waals surface area (Å²) in [7, 11) is 0. The van der Waals surface area contributed by atoms with Crippen LogP contribution in [0.25, 0.3) is 0 Å². The van der Waals surface area contributed by atoms with Gasteiger partial charge in [-0.05, 0) is 29.6 Å². The lowest BCUT2D eigenvalue weighted by atomic mass is 9.93. The lowest BCUT2D eigenvalue weighted by Gasteiger charge is -2.28. The molecule has 234 valence electrons. The average molecular weight is 694 g/mol. The summed E-state index contributed by atoms with van der Waals surface area (Å²) >= 11 is 20.0. The Kier molecular flexibility index (Phi) is 10.9. The number of aliphatic hydroxyl groups is 1. The fraction of sp³-hybridized carbons (Fsp3) is 0.207. The Hall–Kier alpha value is -3.72. The zero-order valence-corrected chi connectivity index (χ0v) is 26.4. The minimum Gasteiger partial charge on any atom is -0.381 e. The van der Waals surface area contributed by atoms with Crippen molar-refractivity contribution in [3.63, 3.8) is 0 Å². The molecule has 0 aliphatic rings. The van der Waals surface area contributed by atoms with E-state index in [2.05, 4.69) is 25.1 Å². The molecule has 0 aliphatic heterocycles. The first-order valence-corrected chi connectivity index (χ1v) is 15.3. The number of ether oxygens (including phenoxy) is 1. The number of hydrogen-bond acceptors (Lipinski definition) is 8. The molecule has 0 spiro atoms. The van der Waals surface area contributed by atoms with Gasteiger partial charge in [0.2, 0.25) is 0 Å². The number of imidazole rings is 1. The van der Waals surface area contributed by atoms with Gasteiger partial charge >= 0.3 is 0 Å². The molecule has 1 atom stereocenters. The maximum absolute atomic E-state index is 14.1. The Morgan fingerprint density at radius 1 is 0.911 bits per heavy atom. The molecule has 6 aromatic rings. The standard InChI is InChI=1S/C16H13Cl3N2OS.C13H12F2N6O/c17-12-1-2-13(14(18)7-12)15(8-21-5-4-20-10-21)22-9-11-3-6-23-16(11)19;14-10-1-2-11(12(15)3-10)13(22,4-20-8-16-6-18-20)5-21-9-17-7-19-21/h1-7,10,15H,8-9H2;1-3,6-9,22H,4-5H2. The van der Waals surface area contributed by atoms with Gasteiger partial charge in [0.25, 0.3) is 0 Å². The lowest BCUT2D eigenvalue weighted by molar-refractivity contribution is -0.00856. The van der Waals surface area contributed by atoms with Crippen LogP contribution >= 0.6 is 46.1 Å². The van der Waals surface area contributed by atoms with E-state index in [1.54, 1.807) is 18.6 Å². The molecule has 4 heterocycles. The van der Waals surface area contributed by atoms with Gasteiger partial charge in [-0.1, -0.05) is 46.9 Å². The van der Waals surface area contributed by atoms with E-state index in [1.165, 1.54) is 52.1 Å². The number of halogens is 5. The van der Waals surface area contributed by atoms with E-state index in [4.69, 9.17) is 39.5 Å². The van der Waals surface area contributed by atoms with Crippen LogP contribution in [0.2, 0.25) is 14.4 Å². The highest BCUT2D eigenvalue weighted by molar-refractivity contribution is 7.14. The Morgan fingerprint density at radius 3 is 2.20 bits per heavy atom. The van der Waals surface area contributed by atoms with Crippen LogP contribution < -0.4 is 0 Å². The SMILES string of the molecule is Clc1ccc(C(Cn2ccnc2)OCc2ccsc2Cl)c(Cl)c1.OC(Cn1cncn1)(Cn1cncn1)c1ccc(F)cc1F. The molecule has 6 rings (SSSR count). The smallest absolute Gasteiger partial charge is 0.137 e. The second-order valence-corrected chi connectivity index (χ2v) is 12.1. The van der Waals surface area contributed by atoms with Gasteiger partial charge in [0.05, 0.1) is 36.9 Å². The zero-order valence-electron chi connectivity index (χ0n) is 23.3. The van der Waals surface area contributed by atoms with E-state index in [-0.39, 0.29) is 24.8 Å². The number of hydrogen-bond donors (Lipinski definition) is 1. The number of benzene rings is 2. The van der Waals surface area contributed by atoms with Gasteiger partial charge < -0.3 is 14.4 Å². The number of nitrogens with zero attached hydrogens (tertiary/aromatic N) is 8. The summed E-state index contributed by atoms with van der Waals surface area (Å²) in [5.41, 5.74) is 0.104. The van der Waals surface area contributed by atoms with E-state index in [1.807, 2.05) is 34.3 Å². The molecule has 0 amide bonds. The summed E-state index contributed by atoms with van der Waals surface area (Å²) in [5.74, 6) is -1.56. The normalized spacial score (nSPS) is 12.1. The van der Waals surface area contributed by atoms with E-state index < -0.39 is 17.2 Å². The molecule has 0 fully saturated rings. The molecule has 1 unspecified atom stereocenters. The van der Waals surface area contributed by atoms with E-state index in [9.17, 15) is 13.9 Å². The van der Waals surface area contributed by atoms with Crippen molar-refractivity contribution in [2.75, 3.05) is 0 Å². The summed E-state index contributed by atoms with van der Waals surface area (Å²) in [6.45, 7) is 0.870. The predicted octanol–water partition coefficient (Wildman–Crippen LogP) is 6.60. The van der Waals surface area contributed by atoms with Crippen LogP contribution in [0.1, 0.15) is 22.8 Å². The maximum Gasteiger partial charge on any atom is 0.137 e. The van der Waals surface area contributed by atoms with Crippen molar-refractivity contribution in [1.82, 2.24) is 39.1 Å². The fourth-order valence-electron chi connectivity index (χ4n) is 4.45. The van der Waals surface area contributed by atoms with Crippen molar-refractivity contribution < 1.29 is 18.6 Å². The fourth-order valence-corrected chi connectivity index (χ4v) is 5.89. The minimum atomic E-state index is -1.70. The zero-order chi connectivity index (χ0) is 31.8. The van der Waals surface area contributed by atoms with Crippen LogP contribution in [-0.4, -0.2) is 44.2 Å². The highest BCUT2D eigenvalue weighted by atomic mass is 35.5. The van der Waals surface area contributed by atoms with Gasteiger partial charge in [-0.15, -0.1) is 11.3 Å². The summed E-state index contributed by atoms with van der Waals surface area (Å²) in [5, 5.41) is 21.9. The predicted molar refractivity (Wildman–Crippen MR) is 166 cm³/mol. The van der Waals surface area contributed by atoms with Gasteiger partial charge in [-0.3, -0.25) is 0 Å². The van der Waals surface area contributed by atoms with Crippen molar-refractivity contribution in [3.05, 3.63) is 135 Å². The lowest BCUT2D eigenvalue weighted by Crippen LogP contribution is -2.37. The molecule has 0 saturated heterocycles. The van der Waals surface area contributed by atoms with Crippen LogP contribution in [0.5, 0.6) is 0 Å². The Balaban J connectivity index is 0.000000178. The molecule has 0 bridgehead atoms. The highest BCUT2D eigenvalue weighted by Crippen LogP contribution is 2.32. The minimum absolute atomic E-state index is 0.0556. The first kappa shape index (κ1) is 32.7. The number of rotatable bonds is 11. The molecule has 0 aliphatic carbocycles. The molecular weight excluding hydrogens is 669 g/mol. The van der Waals surface area contributed by atoms with Crippen molar-refractivity contribution in [2.24, 2.45) is 0 Å². The molecule has 4 aromatic heterocycles. The number of thiophene rings is 1. The van der Waals surface area contributed by atoms with Crippen LogP contribution in [0.3, 0.4) is 0 Å². The summed E-state index contributed by atoms with van der Waals surface area (Å²) in [6, 6.07) is 10.4. The maximum atomic E-state index is 14.1. The van der Waals surface area contributed by atoms with Gasteiger partial charge in [-0.25, -0.2) is 33.1 Å². The van der Waals surface area contributed by atoms with Gasteiger partial charge in [-0.2, -0.15) is 10.2 Å². The van der Waals surface area contributed by atoms with Crippen LogP contribution in [-0.2, 0) is 36.6 Å². The molecule has 2 aromatic carbocycles. The monoisotopic (exact) mass is 692 g/mol. The van der Waals surface area contributed by atoms with Crippen molar-refractivity contribution in [3.8, 4) is 0 Å². The second kappa shape index (κ2) is 15.0. The quantitative estimate of drug-likeness (QED) is 0.163. The molecule has 0 saturated carbocycles. The summed E-state index contributed by atoms with van der Waals surface area (Å²) in [4.78, 5) is 11.6. The molecule has 1 N–H and O–H groups in total. The van der Waals surface area contributed by atoms with E-state index in [0.29, 0.717) is 23.2 Å². The molecule has 10 nitrogen and oxygen atoms in total. The van der Waals surface area contributed by atoms with Gasteiger partial charge in [0.1, 0.15) is 48.6 Å². The van der Waals surface area contributed by atoms with Crippen molar-refractivity contribution >= 4 is 46.1 Å². The summed E-state index contributed by atoms with van der Waals surface area (Å²) in [6.07, 6.45) is 10.5. The van der Waals surface area contributed by atoms with Crippen LogP contribution in [0, 0.1) is 11.6 Å². The Bertz CT molecular complexity index is 1750. The van der Waals surface area contributed by atoms with Crippen LogP contribution in [0.15, 0.2) is 91.9 Å². The van der Waals surface area contributed by atoms with Gasteiger partial charge in [0, 0.05) is 45.2 Å². The molecule has 45 heavy (non-hydrogen) atoms. The van der Waals surface area contributed by atoms with E-state index >= 15 is 0 Å². The first-order valence-electron chi connectivity index (χ1n) is 13.3. The Morgan fingerprint density at radius 2 is 1.64 bits per heavy atom. The number of aromatic nitrogens is 8.